The van der Waals surface area contributed by atoms with E-state index in [1.807, 2.05) is 94.3 Å². The maximum atomic E-state index is 9.37. The summed E-state index contributed by atoms with van der Waals surface area (Å²) in [5, 5.41) is 1.59. The molecule has 0 bridgehead atoms. The van der Waals surface area contributed by atoms with Crippen LogP contribution in [0.4, 0.5) is 22.7 Å². The van der Waals surface area contributed by atoms with Gasteiger partial charge in [0.05, 0.1) is 6.85 Å². The van der Waals surface area contributed by atoms with Crippen LogP contribution in [-0.2, 0) is 43.7 Å². The Hall–Kier alpha value is -5.86. The third-order valence-corrected chi connectivity index (χ3v) is 11.5. The van der Waals surface area contributed by atoms with Crippen molar-refractivity contribution in [3.8, 4) is 28.4 Å². The van der Waals surface area contributed by atoms with Crippen LogP contribution in [0.3, 0.4) is 0 Å². The first kappa shape index (κ1) is 36.5. The Labute approximate surface area is 403 Å². The van der Waals surface area contributed by atoms with Crippen molar-refractivity contribution >= 4 is 50.6 Å². The zero-order valence-corrected chi connectivity index (χ0v) is 40.7. The maximum absolute atomic E-state index is 9.37. The Bertz CT molecular complexity index is 3470. The minimum atomic E-state index is -1.66. The molecule has 9 rings (SSSR count). The number of benzene rings is 6. The van der Waals surface area contributed by atoms with Gasteiger partial charge >= 0.3 is 32.8 Å². The van der Waals surface area contributed by atoms with Gasteiger partial charge in [0.1, 0.15) is 11.5 Å². The van der Waals surface area contributed by atoms with Gasteiger partial charge in [-0.25, -0.2) is 4.98 Å². The van der Waals surface area contributed by atoms with Crippen LogP contribution in [0.25, 0.3) is 38.8 Å². The summed E-state index contributed by atoms with van der Waals surface area (Å²) in [6.07, 6.45) is 0.137. The second-order valence-electron chi connectivity index (χ2n) is 19.8. The summed E-state index contributed by atoms with van der Waals surface area (Å²) in [6.45, 7) is 23.5. The molecule has 0 fully saturated rings. The smallest absolute Gasteiger partial charge is 0.509 e. The number of pyridine rings is 1. The van der Waals surface area contributed by atoms with Crippen LogP contribution in [0, 0.1) is 18.1 Å². The Morgan fingerprint density at radius 1 is 0.703 bits per heavy atom. The molecule has 0 aliphatic carbocycles. The van der Waals surface area contributed by atoms with Gasteiger partial charge in [-0.15, -0.1) is 23.6 Å². The molecule has 324 valence electrons. The van der Waals surface area contributed by atoms with Crippen LogP contribution >= 0.6 is 0 Å². The Kier molecular flexibility index (Phi) is 9.65. The third kappa shape index (κ3) is 8.69. The van der Waals surface area contributed by atoms with Crippen molar-refractivity contribution < 1.29 is 35.4 Å². The molecule has 6 aromatic carbocycles. The molecule has 2 aromatic heterocycles. The zero-order chi connectivity index (χ0) is 50.6. The summed E-state index contributed by atoms with van der Waals surface area (Å²) in [5.41, 5.74) is 8.62. The first-order valence-electron chi connectivity index (χ1n) is 25.2. The molecular weight excluding hydrogens is 964 g/mol. The van der Waals surface area contributed by atoms with Crippen molar-refractivity contribution in [2.24, 2.45) is 5.92 Å². The van der Waals surface area contributed by atoms with Crippen molar-refractivity contribution in [3.05, 3.63) is 168 Å². The molecule has 0 radical (unpaired) electrons. The minimum Gasteiger partial charge on any atom is -0.509 e. The fourth-order valence-corrected chi connectivity index (χ4v) is 8.08. The van der Waals surface area contributed by atoms with E-state index in [4.69, 9.17) is 16.6 Å². The van der Waals surface area contributed by atoms with Crippen molar-refractivity contribution in [1.29, 1.82) is 0 Å². The second kappa shape index (κ2) is 16.9. The van der Waals surface area contributed by atoms with E-state index in [1.165, 1.54) is 11.1 Å². The molecule has 1 aliphatic rings. The molecule has 0 atom stereocenters. The SMILES string of the molecule is [2H]c1c([2H])c([2H])c(-c2ccc3c(c2)c2ccc(Oc4[c-]c([N+]5=C=[N+](c6cc(C(C)(C)C)cc(C(C)(C)C)c6)c6c5cccc6C([2H])([2H])C(C)C)ccc4)[c-]c2n3-c2cc(C(C)(C)C)ccn2)c([2H])c1[2H].[Pt+2]. The fourth-order valence-electron chi connectivity index (χ4n) is 8.08. The Morgan fingerprint density at radius 2 is 1.39 bits per heavy atom. The number of aromatic nitrogens is 2. The molecule has 1 aliphatic heterocycles. The monoisotopic (exact) mass is 1030 g/mol. The quantitative estimate of drug-likeness (QED) is 0.112. The van der Waals surface area contributed by atoms with Crippen LogP contribution in [0.5, 0.6) is 11.5 Å². The van der Waals surface area contributed by atoms with Crippen LogP contribution in [-0.4, -0.2) is 15.6 Å². The maximum Gasteiger partial charge on any atom is 2.00 e. The first-order chi connectivity index (χ1) is 32.7. The van der Waals surface area contributed by atoms with E-state index in [2.05, 4.69) is 105 Å². The number of ether oxygens (including phenoxy) is 1. The van der Waals surface area contributed by atoms with Gasteiger partial charge in [0.2, 0.25) is 5.69 Å². The largest absolute Gasteiger partial charge is 2.00 e. The summed E-state index contributed by atoms with van der Waals surface area (Å²) in [4.78, 5) is 4.84. The molecule has 0 saturated heterocycles. The number of rotatable bonds is 8. The van der Waals surface area contributed by atoms with Crippen LogP contribution in [0.2, 0.25) is 0 Å². The van der Waals surface area contributed by atoms with Crippen molar-refractivity contribution in [2.45, 2.75) is 98.8 Å². The van der Waals surface area contributed by atoms with Gasteiger partial charge in [0.15, 0.2) is 0 Å². The molecule has 6 heteroatoms. The second-order valence-corrected chi connectivity index (χ2v) is 19.8. The summed E-state index contributed by atoms with van der Waals surface area (Å²) < 4.78 is 73.6. The van der Waals surface area contributed by atoms with Gasteiger partial charge in [0.25, 0.3) is 5.69 Å². The molecule has 0 spiro atoms. The van der Waals surface area contributed by atoms with Crippen LogP contribution in [0.15, 0.2) is 133 Å². The van der Waals surface area contributed by atoms with E-state index in [9.17, 15) is 2.74 Å². The van der Waals surface area contributed by atoms with E-state index in [-0.39, 0.29) is 73.0 Å². The summed E-state index contributed by atoms with van der Waals surface area (Å²) in [7, 11) is 0. The molecule has 0 saturated carbocycles. The van der Waals surface area contributed by atoms with Crippen molar-refractivity contribution in [1.82, 2.24) is 18.7 Å². The topological polar surface area (TPSA) is 33.1 Å². The van der Waals surface area contributed by atoms with E-state index in [0.717, 1.165) is 38.9 Å². The molecule has 0 N–H and O–H groups in total. The Balaban J connectivity index is 0.00000676. The molecule has 0 amide bonds. The Morgan fingerprint density at radius 3 is 2.08 bits per heavy atom. The van der Waals surface area contributed by atoms with E-state index >= 15 is 0 Å². The molecule has 8 aromatic rings. The summed E-state index contributed by atoms with van der Waals surface area (Å²) in [6, 6.07) is 40.5. The minimum absolute atomic E-state index is 0. The normalized spacial score (nSPS) is 14.7. The van der Waals surface area contributed by atoms with Gasteiger partial charge in [-0.2, -0.15) is 12.1 Å². The van der Waals surface area contributed by atoms with Gasteiger partial charge < -0.3 is 9.30 Å². The molecule has 5 nitrogen and oxygen atoms in total. The van der Waals surface area contributed by atoms with E-state index in [1.54, 1.807) is 12.3 Å². The van der Waals surface area contributed by atoms with Gasteiger partial charge in [0, 0.05) is 49.7 Å². The number of hydrogen-bond donors (Lipinski definition) is 0. The predicted molar refractivity (Wildman–Crippen MR) is 264 cm³/mol. The number of hydrogen-bond acceptors (Lipinski definition) is 2. The molecule has 64 heavy (non-hydrogen) atoms. The number of para-hydroxylation sites is 1. The van der Waals surface area contributed by atoms with Gasteiger partial charge in [-0.1, -0.05) is 159 Å². The van der Waals surface area contributed by atoms with Gasteiger partial charge in [-0.3, -0.25) is 0 Å². The standard InChI is InChI=1S/C58H58N4O.Pt/c1-38(2)29-41-19-15-22-52-55(41)61(46-32-43(57(6,7)8)31-44(33-46)58(9,10)11)37-60(52)45-20-16-21-47(35-45)63-48-24-25-49-50-30-40(39-17-13-12-14-18-39)23-26-51(50)62(53(49)36-48)54-34-42(27-28-59-54)56(3,4)5;/h12-28,30-34,38H,29H2,1-11H3;/q;+2/i12D,13D,14D,17D,18D,29D2;. The average molecular weight is 1030 g/mol. The number of fused-ring (bicyclic) bond motifs is 4. The summed E-state index contributed by atoms with van der Waals surface area (Å²) >= 11 is 0. The van der Waals surface area contributed by atoms with Crippen LogP contribution in [0.1, 0.15) is 108 Å². The molecular formula is C58H58N4OPt+2. The molecule has 3 heterocycles. The van der Waals surface area contributed by atoms with Crippen molar-refractivity contribution in [2.75, 3.05) is 0 Å². The average Bonchev–Trinajstić information content (AvgIpc) is 3.85. The zero-order valence-electron chi connectivity index (χ0n) is 45.4. The van der Waals surface area contributed by atoms with E-state index < -0.39 is 12.4 Å². The predicted octanol–water partition coefficient (Wildman–Crippen LogP) is 15.2. The fraction of sp³-hybridized carbons (Fsp3) is 0.276. The van der Waals surface area contributed by atoms with E-state index in [0.29, 0.717) is 39.6 Å². The summed E-state index contributed by atoms with van der Waals surface area (Å²) in [5.74, 6) is 1.20. The van der Waals surface area contributed by atoms with Crippen molar-refractivity contribution in [3.63, 3.8) is 0 Å². The van der Waals surface area contributed by atoms with Gasteiger partial charge in [-0.05, 0) is 84.5 Å². The first-order valence-corrected chi connectivity index (χ1v) is 21.7. The third-order valence-electron chi connectivity index (χ3n) is 11.5. The number of nitrogens with zero attached hydrogens (tertiary/aromatic N) is 4. The van der Waals surface area contributed by atoms with Crippen LogP contribution < -0.4 is 13.9 Å². The molecule has 0 unspecified atom stereocenters.